The first-order chi connectivity index (χ1) is 11.6. The molecule has 3 aromatic rings. The average Bonchev–Trinajstić information content (AvgIpc) is 2.63. The van der Waals surface area contributed by atoms with Crippen LogP contribution in [0.4, 0.5) is 0 Å². The van der Waals surface area contributed by atoms with Crippen LogP contribution in [0.1, 0.15) is 29.0 Å². The van der Waals surface area contributed by atoms with Gasteiger partial charge in [0.25, 0.3) is 11.5 Å². The second-order valence-electron chi connectivity index (χ2n) is 5.43. The highest BCUT2D eigenvalue weighted by Crippen LogP contribution is 2.15. The number of carbonyl (C=O) groups excluding carboxylic acids is 1. The zero-order valence-electron chi connectivity index (χ0n) is 13.2. The predicted molar refractivity (Wildman–Crippen MR) is 92.6 cm³/mol. The molecule has 1 amide bonds. The van der Waals surface area contributed by atoms with Gasteiger partial charge in [-0.15, -0.1) is 0 Å². The molecule has 0 saturated carbocycles. The van der Waals surface area contributed by atoms with E-state index in [9.17, 15) is 9.59 Å². The van der Waals surface area contributed by atoms with Gasteiger partial charge in [0.1, 0.15) is 5.56 Å². The number of benzene rings is 1. The highest BCUT2D eigenvalue weighted by Gasteiger charge is 2.15. The van der Waals surface area contributed by atoms with Crippen LogP contribution >= 0.6 is 0 Å². The summed E-state index contributed by atoms with van der Waals surface area (Å²) in [5.74, 6) is -0.422. The van der Waals surface area contributed by atoms with E-state index >= 15 is 0 Å². The van der Waals surface area contributed by atoms with Crippen molar-refractivity contribution >= 4 is 5.91 Å². The van der Waals surface area contributed by atoms with Crippen molar-refractivity contribution in [3.63, 3.8) is 0 Å². The van der Waals surface area contributed by atoms with Crippen LogP contribution in [0.5, 0.6) is 0 Å². The second-order valence-corrected chi connectivity index (χ2v) is 5.43. The van der Waals surface area contributed by atoms with Gasteiger partial charge in [-0.25, -0.2) is 0 Å². The van der Waals surface area contributed by atoms with Gasteiger partial charge in [-0.2, -0.15) is 0 Å². The molecular weight excluding hydrogens is 302 g/mol. The van der Waals surface area contributed by atoms with Crippen LogP contribution in [0.3, 0.4) is 0 Å². The van der Waals surface area contributed by atoms with Crippen molar-refractivity contribution in [3.8, 4) is 11.3 Å². The van der Waals surface area contributed by atoms with Crippen LogP contribution in [0.15, 0.2) is 71.7 Å². The van der Waals surface area contributed by atoms with E-state index in [0.717, 1.165) is 11.3 Å². The molecule has 24 heavy (non-hydrogen) atoms. The summed E-state index contributed by atoms with van der Waals surface area (Å²) in [6.45, 7) is 1.83. The minimum Gasteiger partial charge on any atom is -0.344 e. The van der Waals surface area contributed by atoms with Crippen molar-refractivity contribution in [2.75, 3.05) is 0 Å². The molecule has 2 aromatic heterocycles. The number of H-pyrrole nitrogens is 1. The number of hydrogen-bond donors (Lipinski definition) is 2. The first-order valence-corrected chi connectivity index (χ1v) is 7.65. The first-order valence-electron chi connectivity index (χ1n) is 7.65. The molecule has 0 saturated heterocycles. The SMILES string of the molecule is C[C@H](NC(=O)c1ccc(-c2ccccc2)[nH]c1=O)c1ccccn1. The molecule has 0 unspecified atom stereocenters. The van der Waals surface area contributed by atoms with Gasteiger partial charge in [-0.1, -0.05) is 36.4 Å². The zero-order valence-corrected chi connectivity index (χ0v) is 13.2. The molecule has 0 aliphatic heterocycles. The Labute approximate surface area is 139 Å². The lowest BCUT2D eigenvalue weighted by Gasteiger charge is -2.13. The molecule has 0 bridgehead atoms. The van der Waals surface area contributed by atoms with E-state index < -0.39 is 11.5 Å². The van der Waals surface area contributed by atoms with E-state index in [1.807, 2.05) is 55.5 Å². The Balaban J connectivity index is 1.80. The predicted octanol–water partition coefficient (Wildman–Crippen LogP) is 2.93. The monoisotopic (exact) mass is 319 g/mol. The third-order valence-corrected chi connectivity index (χ3v) is 3.72. The summed E-state index contributed by atoms with van der Waals surface area (Å²) in [7, 11) is 0. The Morgan fingerprint density at radius 2 is 1.79 bits per heavy atom. The van der Waals surface area contributed by atoms with Gasteiger partial charge in [-0.3, -0.25) is 14.6 Å². The van der Waals surface area contributed by atoms with Crippen molar-refractivity contribution in [2.45, 2.75) is 13.0 Å². The van der Waals surface area contributed by atoms with Crippen LogP contribution in [0.25, 0.3) is 11.3 Å². The number of aromatic nitrogens is 2. The van der Waals surface area contributed by atoms with Gasteiger partial charge in [0.15, 0.2) is 0 Å². The number of nitrogens with zero attached hydrogens (tertiary/aromatic N) is 1. The average molecular weight is 319 g/mol. The van der Waals surface area contributed by atoms with Gasteiger partial charge in [0.2, 0.25) is 0 Å². The summed E-state index contributed by atoms with van der Waals surface area (Å²) in [5.41, 5.74) is 1.97. The lowest BCUT2D eigenvalue weighted by molar-refractivity contribution is 0.0937. The Morgan fingerprint density at radius 1 is 1.04 bits per heavy atom. The summed E-state index contributed by atoms with van der Waals surface area (Å²) < 4.78 is 0. The van der Waals surface area contributed by atoms with E-state index in [0.29, 0.717) is 5.69 Å². The lowest BCUT2D eigenvalue weighted by atomic mass is 10.1. The molecule has 2 N–H and O–H groups in total. The summed E-state index contributed by atoms with van der Waals surface area (Å²) in [6.07, 6.45) is 1.67. The molecule has 0 aliphatic rings. The van der Waals surface area contributed by atoms with E-state index in [-0.39, 0.29) is 11.6 Å². The van der Waals surface area contributed by atoms with Gasteiger partial charge < -0.3 is 10.3 Å². The molecule has 5 heteroatoms. The Bertz CT molecular complexity index is 889. The lowest BCUT2D eigenvalue weighted by Crippen LogP contribution is -2.31. The van der Waals surface area contributed by atoms with Crippen molar-refractivity contribution in [1.82, 2.24) is 15.3 Å². The normalized spacial score (nSPS) is 11.7. The minimum atomic E-state index is -0.422. The first kappa shape index (κ1) is 15.7. The van der Waals surface area contributed by atoms with E-state index in [1.165, 1.54) is 0 Å². The van der Waals surface area contributed by atoms with Crippen LogP contribution in [0.2, 0.25) is 0 Å². The van der Waals surface area contributed by atoms with Gasteiger partial charge in [-0.05, 0) is 36.8 Å². The van der Waals surface area contributed by atoms with Crippen LogP contribution in [-0.2, 0) is 0 Å². The Kier molecular flexibility index (Phi) is 4.52. The molecule has 1 atom stereocenters. The summed E-state index contributed by atoms with van der Waals surface area (Å²) in [5, 5.41) is 2.79. The highest BCUT2D eigenvalue weighted by molar-refractivity contribution is 5.94. The fourth-order valence-corrected chi connectivity index (χ4v) is 2.42. The number of hydrogen-bond acceptors (Lipinski definition) is 3. The molecule has 3 rings (SSSR count). The van der Waals surface area contributed by atoms with Crippen molar-refractivity contribution in [1.29, 1.82) is 0 Å². The standard InChI is InChI=1S/C19H17N3O2/c1-13(16-9-5-6-12-20-16)21-18(23)15-10-11-17(22-19(15)24)14-7-3-2-4-8-14/h2-13H,1H3,(H,21,23)(H,22,24)/t13-/m0/s1. The Morgan fingerprint density at radius 3 is 2.46 bits per heavy atom. The molecular formula is C19H17N3O2. The maximum absolute atomic E-state index is 12.3. The zero-order chi connectivity index (χ0) is 16.9. The molecule has 0 radical (unpaired) electrons. The summed E-state index contributed by atoms with van der Waals surface area (Å²) >= 11 is 0. The van der Waals surface area contributed by atoms with Crippen LogP contribution < -0.4 is 10.9 Å². The van der Waals surface area contributed by atoms with Crippen molar-refractivity contribution in [2.24, 2.45) is 0 Å². The quantitative estimate of drug-likeness (QED) is 0.776. The van der Waals surface area contributed by atoms with Crippen LogP contribution in [0, 0.1) is 0 Å². The van der Waals surface area contributed by atoms with E-state index in [4.69, 9.17) is 0 Å². The number of nitrogens with one attached hydrogen (secondary N) is 2. The molecule has 120 valence electrons. The van der Waals surface area contributed by atoms with Gasteiger partial charge in [0, 0.05) is 11.9 Å². The topological polar surface area (TPSA) is 74.8 Å². The molecule has 0 spiro atoms. The highest BCUT2D eigenvalue weighted by atomic mass is 16.2. The van der Waals surface area contributed by atoms with Crippen LogP contribution in [-0.4, -0.2) is 15.9 Å². The third kappa shape index (κ3) is 3.41. The third-order valence-electron chi connectivity index (χ3n) is 3.72. The Hall–Kier alpha value is -3.21. The number of aromatic amines is 1. The fourth-order valence-electron chi connectivity index (χ4n) is 2.42. The van der Waals surface area contributed by atoms with E-state index in [2.05, 4.69) is 15.3 Å². The number of amides is 1. The van der Waals surface area contributed by atoms with Crippen molar-refractivity contribution < 1.29 is 4.79 Å². The number of pyridine rings is 2. The molecule has 1 aromatic carbocycles. The fraction of sp³-hybridized carbons (Fsp3) is 0.105. The van der Waals surface area contributed by atoms with Gasteiger partial charge in [0.05, 0.1) is 11.7 Å². The largest absolute Gasteiger partial charge is 0.344 e. The van der Waals surface area contributed by atoms with Crippen molar-refractivity contribution in [3.05, 3.63) is 88.5 Å². The number of rotatable bonds is 4. The molecule has 0 aliphatic carbocycles. The van der Waals surface area contributed by atoms with Gasteiger partial charge >= 0.3 is 0 Å². The maximum atomic E-state index is 12.3. The summed E-state index contributed by atoms with van der Waals surface area (Å²) in [4.78, 5) is 31.5. The van der Waals surface area contributed by atoms with E-state index in [1.54, 1.807) is 18.3 Å². The smallest absolute Gasteiger partial charge is 0.261 e. The summed E-state index contributed by atoms with van der Waals surface area (Å²) in [6, 6.07) is 18.0. The number of carbonyl (C=O) groups is 1. The molecule has 2 heterocycles. The molecule has 0 fully saturated rings. The minimum absolute atomic E-state index is 0.0810. The maximum Gasteiger partial charge on any atom is 0.261 e. The second kappa shape index (κ2) is 6.91. The molecule has 5 nitrogen and oxygen atoms in total.